The molecule has 5 rings (SSSR count). The maximum Gasteiger partial charge on any atom is 0.235 e. The average Bonchev–Trinajstić information content (AvgIpc) is 3.23. The molecule has 0 saturated carbocycles. The number of hydrogen-bond donors (Lipinski definition) is 0. The van der Waals surface area contributed by atoms with Crippen molar-refractivity contribution in [2.75, 3.05) is 0 Å². The number of fused-ring (bicyclic) bond motifs is 2. The maximum absolute atomic E-state index is 5.96. The topological polar surface area (TPSA) is 56.0 Å². The van der Waals surface area contributed by atoms with Crippen LogP contribution in [0.3, 0.4) is 0 Å². The molecule has 0 spiro atoms. The van der Waals surface area contributed by atoms with E-state index in [0.717, 1.165) is 32.1 Å². The lowest BCUT2D eigenvalue weighted by Crippen LogP contribution is -1.91. The van der Waals surface area contributed by atoms with Gasteiger partial charge in [-0.1, -0.05) is 47.2 Å². The molecule has 25 heavy (non-hydrogen) atoms. The molecule has 0 aliphatic rings. The Morgan fingerprint density at radius 2 is 1.72 bits per heavy atom. The van der Waals surface area contributed by atoms with Crippen LogP contribution in [0.1, 0.15) is 0 Å². The molecule has 3 aromatic heterocycles. The van der Waals surface area contributed by atoms with Gasteiger partial charge in [0.2, 0.25) is 4.96 Å². The highest BCUT2D eigenvalue weighted by molar-refractivity contribution is 7.19. The number of rotatable bonds is 2. The third-order valence-electron chi connectivity index (χ3n) is 3.91. The molecule has 0 radical (unpaired) electrons. The highest BCUT2D eigenvalue weighted by atomic mass is 35.5. The molecule has 5 nitrogen and oxygen atoms in total. The van der Waals surface area contributed by atoms with Crippen molar-refractivity contribution in [3.8, 4) is 22.1 Å². The van der Waals surface area contributed by atoms with Crippen LogP contribution < -0.4 is 0 Å². The molecule has 0 aliphatic carbocycles. The fraction of sp³-hybridized carbons (Fsp3) is 0. The van der Waals surface area contributed by atoms with Crippen molar-refractivity contribution in [1.82, 2.24) is 24.8 Å². The molecular formula is C18H10ClN5S. The summed E-state index contributed by atoms with van der Waals surface area (Å²) in [5.74, 6) is 0.690. The van der Waals surface area contributed by atoms with Crippen LogP contribution in [0.25, 0.3) is 38.0 Å². The zero-order chi connectivity index (χ0) is 16.8. The fourth-order valence-corrected chi connectivity index (χ4v) is 3.62. The predicted octanol–water partition coefficient (Wildman–Crippen LogP) is 4.72. The summed E-state index contributed by atoms with van der Waals surface area (Å²) in [6.45, 7) is 0. The van der Waals surface area contributed by atoms with Gasteiger partial charge in [0.1, 0.15) is 5.69 Å². The Labute approximate surface area is 151 Å². The first-order valence-electron chi connectivity index (χ1n) is 7.62. The van der Waals surface area contributed by atoms with Gasteiger partial charge in [-0.2, -0.15) is 9.61 Å². The molecular weight excluding hydrogens is 354 g/mol. The van der Waals surface area contributed by atoms with Gasteiger partial charge in [-0.3, -0.25) is 0 Å². The molecule has 0 N–H and O–H groups in total. The van der Waals surface area contributed by atoms with E-state index in [2.05, 4.69) is 21.4 Å². The Kier molecular flexibility index (Phi) is 3.26. The smallest absolute Gasteiger partial charge is 0.235 e. The Bertz CT molecular complexity index is 1210. The van der Waals surface area contributed by atoms with Crippen molar-refractivity contribution in [2.45, 2.75) is 0 Å². The Hall–Kier alpha value is -2.83. The minimum absolute atomic E-state index is 0.684. The summed E-state index contributed by atoms with van der Waals surface area (Å²) in [7, 11) is 0. The summed E-state index contributed by atoms with van der Waals surface area (Å²) < 4.78 is 1.75. The summed E-state index contributed by atoms with van der Waals surface area (Å²) in [4.78, 5) is 5.43. The Morgan fingerprint density at radius 1 is 0.880 bits per heavy atom. The second kappa shape index (κ2) is 5.61. The second-order valence-electron chi connectivity index (χ2n) is 5.52. The monoisotopic (exact) mass is 363 g/mol. The predicted molar refractivity (Wildman–Crippen MR) is 99.8 cm³/mol. The molecule has 0 aliphatic heterocycles. The van der Waals surface area contributed by atoms with Gasteiger partial charge in [-0.25, -0.2) is 4.98 Å². The lowest BCUT2D eigenvalue weighted by atomic mass is 10.2. The van der Waals surface area contributed by atoms with E-state index < -0.39 is 0 Å². The van der Waals surface area contributed by atoms with E-state index in [4.69, 9.17) is 16.6 Å². The van der Waals surface area contributed by atoms with Gasteiger partial charge in [0.05, 0.1) is 5.52 Å². The molecule has 2 aromatic carbocycles. The van der Waals surface area contributed by atoms with Gasteiger partial charge < -0.3 is 0 Å². The summed E-state index contributed by atoms with van der Waals surface area (Å²) in [5, 5.41) is 15.7. The third kappa shape index (κ3) is 2.47. The Balaban J connectivity index is 1.63. The summed E-state index contributed by atoms with van der Waals surface area (Å²) >= 11 is 7.43. The number of benzene rings is 2. The fourth-order valence-electron chi connectivity index (χ4n) is 2.68. The van der Waals surface area contributed by atoms with E-state index in [1.165, 1.54) is 11.3 Å². The first kappa shape index (κ1) is 14.5. The third-order valence-corrected chi connectivity index (χ3v) is 5.08. The number of hydrogen-bond acceptors (Lipinski definition) is 5. The van der Waals surface area contributed by atoms with Crippen LogP contribution in [-0.2, 0) is 0 Å². The Morgan fingerprint density at radius 3 is 2.60 bits per heavy atom. The van der Waals surface area contributed by atoms with Gasteiger partial charge in [0.15, 0.2) is 10.8 Å². The van der Waals surface area contributed by atoms with Crippen molar-refractivity contribution in [1.29, 1.82) is 0 Å². The highest BCUT2D eigenvalue weighted by Crippen LogP contribution is 2.28. The number of para-hydroxylation sites is 1. The van der Waals surface area contributed by atoms with E-state index >= 15 is 0 Å². The van der Waals surface area contributed by atoms with Gasteiger partial charge in [-0.05, 0) is 36.4 Å². The maximum atomic E-state index is 5.96. The SMILES string of the molecule is Clc1ccc(-c2nnc3sc(-c4ccc5ccccc5n4)nn23)cc1. The molecule has 0 fully saturated rings. The number of aromatic nitrogens is 5. The van der Waals surface area contributed by atoms with Crippen molar-refractivity contribution < 1.29 is 0 Å². The molecule has 0 saturated heterocycles. The standard InChI is InChI=1S/C18H10ClN5S/c19-13-8-5-12(6-9-13)16-21-22-18-24(16)23-17(25-18)15-10-7-11-3-1-2-4-14(11)20-15/h1-10H. The van der Waals surface area contributed by atoms with Crippen LogP contribution in [0, 0.1) is 0 Å². The molecule has 0 bridgehead atoms. The largest absolute Gasteiger partial charge is 0.245 e. The summed E-state index contributed by atoms with van der Waals surface area (Å²) in [6, 6.07) is 19.5. The second-order valence-corrected chi connectivity index (χ2v) is 6.91. The molecule has 3 heterocycles. The van der Waals surface area contributed by atoms with E-state index in [9.17, 15) is 0 Å². The average molecular weight is 364 g/mol. The van der Waals surface area contributed by atoms with Crippen LogP contribution in [0.5, 0.6) is 0 Å². The highest BCUT2D eigenvalue weighted by Gasteiger charge is 2.15. The first-order chi connectivity index (χ1) is 12.3. The zero-order valence-electron chi connectivity index (χ0n) is 12.8. The number of halogens is 1. The van der Waals surface area contributed by atoms with Crippen LogP contribution >= 0.6 is 22.9 Å². The summed E-state index contributed by atoms with van der Waals surface area (Å²) in [5.41, 5.74) is 2.69. The number of pyridine rings is 1. The lowest BCUT2D eigenvalue weighted by Gasteiger charge is -1.99. The minimum Gasteiger partial charge on any atom is -0.245 e. The minimum atomic E-state index is 0.684. The van der Waals surface area contributed by atoms with Gasteiger partial charge in [0, 0.05) is 16.0 Å². The van der Waals surface area contributed by atoms with Gasteiger partial charge in [-0.15, -0.1) is 10.2 Å². The van der Waals surface area contributed by atoms with E-state index in [1.54, 1.807) is 4.52 Å². The van der Waals surface area contributed by atoms with Crippen LogP contribution in [0.4, 0.5) is 0 Å². The molecule has 0 amide bonds. The van der Waals surface area contributed by atoms with E-state index in [-0.39, 0.29) is 0 Å². The van der Waals surface area contributed by atoms with E-state index in [0.29, 0.717) is 10.8 Å². The van der Waals surface area contributed by atoms with Crippen molar-refractivity contribution in [2.24, 2.45) is 0 Å². The molecule has 0 atom stereocenters. The summed E-state index contributed by atoms with van der Waals surface area (Å²) in [6.07, 6.45) is 0. The molecule has 5 aromatic rings. The molecule has 7 heteroatoms. The van der Waals surface area contributed by atoms with Gasteiger partial charge in [0.25, 0.3) is 0 Å². The van der Waals surface area contributed by atoms with Crippen molar-refractivity contribution in [3.63, 3.8) is 0 Å². The first-order valence-corrected chi connectivity index (χ1v) is 8.82. The van der Waals surface area contributed by atoms with Crippen LogP contribution in [-0.4, -0.2) is 24.8 Å². The van der Waals surface area contributed by atoms with Crippen molar-refractivity contribution >= 4 is 38.8 Å². The van der Waals surface area contributed by atoms with Crippen LogP contribution in [0.2, 0.25) is 5.02 Å². The lowest BCUT2D eigenvalue weighted by molar-refractivity contribution is 0.968. The van der Waals surface area contributed by atoms with Crippen LogP contribution in [0.15, 0.2) is 60.7 Å². The van der Waals surface area contributed by atoms with Crippen molar-refractivity contribution in [3.05, 3.63) is 65.7 Å². The quantitative estimate of drug-likeness (QED) is 0.455. The number of nitrogens with zero attached hydrogens (tertiary/aromatic N) is 5. The zero-order valence-corrected chi connectivity index (χ0v) is 14.4. The molecule has 120 valence electrons. The van der Waals surface area contributed by atoms with E-state index in [1.807, 2.05) is 54.6 Å². The van der Waals surface area contributed by atoms with Gasteiger partial charge >= 0.3 is 0 Å². The normalized spacial score (nSPS) is 11.4. The molecule has 0 unspecified atom stereocenters.